The Morgan fingerprint density at radius 2 is 1.82 bits per heavy atom. The van der Waals surface area contributed by atoms with E-state index in [4.69, 9.17) is 9.15 Å². The van der Waals surface area contributed by atoms with Crippen LogP contribution in [0.3, 0.4) is 0 Å². The minimum absolute atomic E-state index is 0.202. The summed E-state index contributed by atoms with van der Waals surface area (Å²) in [5.74, 6) is 1.68. The van der Waals surface area contributed by atoms with Gasteiger partial charge in [0.1, 0.15) is 10.6 Å². The third kappa shape index (κ3) is 3.68. The van der Waals surface area contributed by atoms with Crippen molar-refractivity contribution in [1.82, 2.24) is 4.98 Å². The summed E-state index contributed by atoms with van der Waals surface area (Å²) in [7, 11) is 1.57. The summed E-state index contributed by atoms with van der Waals surface area (Å²) in [4.78, 5) is 18.4. The largest absolute Gasteiger partial charge is 0.495 e. The lowest BCUT2D eigenvalue weighted by Crippen LogP contribution is -2.11. The van der Waals surface area contributed by atoms with Gasteiger partial charge in [-0.2, -0.15) is 0 Å². The monoisotopic (exact) mass is 390 g/mol. The summed E-state index contributed by atoms with van der Waals surface area (Å²) in [6.45, 7) is 1.80. The van der Waals surface area contributed by atoms with E-state index in [2.05, 4.69) is 10.3 Å². The van der Waals surface area contributed by atoms with Gasteiger partial charge in [-0.05, 0) is 35.9 Å². The fourth-order valence-electron chi connectivity index (χ4n) is 2.83. The van der Waals surface area contributed by atoms with Crippen LogP contribution >= 0.6 is 11.3 Å². The lowest BCUT2D eigenvalue weighted by molar-refractivity contribution is 0.102. The van der Waals surface area contributed by atoms with Gasteiger partial charge < -0.3 is 14.5 Å². The fraction of sp³-hybridized carbons (Fsp3) is 0.0909. The highest BCUT2D eigenvalue weighted by Gasteiger charge is 2.18. The Labute approximate surface area is 166 Å². The molecule has 2 aromatic heterocycles. The van der Waals surface area contributed by atoms with Gasteiger partial charge in [0, 0.05) is 23.1 Å². The molecule has 6 heteroatoms. The summed E-state index contributed by atoms with van der Waals surface area (Å²) in [6, 6.07) is 19.3. The van der Waals surface area contributed by atoms with Crippen LogP contribution in [0.15, 0.2) is 71.3 Å². The number of benzene rings is 2. The number of aromatic nitrogens is 1. The summed E-state index contributed by atoms with van der Waals surface area (Å²) in [5, 5.41) is 2.93. The van der Waals surface area contributed by atoms with Crippen molar-refractivity contribution >= 4 is 22.9 Å². The van der Waals surface area contributed by atoms with E-state index in [1.54, 1.807) is 20.2 Å². The SMILES string of the molecule is COc1cc(-c2ccccc2)sc1C(=O)Nc1ccc(-c2cnc(C)o2)cc1. The first-order valence-electron chi connectivity index (χ1n) is 8.71. The maximum atomic E-state index is 12.8. The maximum absolute atomic E-state index is 12.8. The first-order chi connectivity index (χ1) is 13.6. The number of amides is 1. The number of rotatable bonds is 5. The molecule has 0 saturated carbocycles. The molecule has 2 heterocycles. The van der Waals surface area contributed by atoms with Crippen molar-refractivity contribution in [2.45, 2.75) is 6.92 Å². The van der Waals surface area contributed by atoms with E-state index in [1.807, 2.05) is 60.7 Å². The van der Waals surface area contributed by atoms with Gasteiger partial charge in [-0.25, -0.2) is 4.98 Å². The van der Waals surface area contributed by atoms with Gasteiger partial charge in [0.15, 0.2) is 11.7 Å². The summed E-state index contributed by atoms with van der Waals surface area (Å²) in [5.41, 5.74) is 2.65. The fourth-order valence-corrected chi connectivity index (χ4v) is 3.86. The van der Waals surface area contributed by atoms with Gasteiger partial charge in [0.25, 0.3) is 5.91 Å². The standard InChI is InChI=1S/C22H18N2O3S/c1-14-23-13-19(27-14)15-8-10-17(11-9-15)24-22(25)21-18(26-2)12-20(28-21)16-6-4-3-5-7-16/h3-13H,1-2H3,(H,24,25). The van der Waals surface area contributed by atoms with E-state index >= 15 is 0 Å². The number of nitrogens with zero attached hydrogens (tertiary/aromatic N) is 1. The predicted octanol–water partition coefficient (Wildman–Crippen LogP) is 5.64. The van der Waals surface area contributed by atoms with Crippen LogP contribution in [0.4, 0.5) is 5.69 Å². The Hall–Kier alpha value is -3.38. The van der Waals surface area contributed by atoms with Crippen LogP contribution in [0.1, 0.15) is 15.6 Å². The molecule has 4 rings (SSSR count). The zero-order valence-electron chi connectivity index (χ0n) is 15.4. The molecule has 0 aliphatic heterocycles. The lowest BCUT2D eigenvalue weighted by atomic mass is 10.1. The summed E-state index contributed by atoms with van der Waals surface area (Å²) >= 11 is 1.41. The number of aryl methyl sites for hydroxylation is 1. The molecular weight excluding hydrogens is 372 g/mol. The van der Waals surface area contributed by atoms with Crippen LogP contribution < -0.4 is 10.1 Å². The number of carbonyl (C=O) groups excluding carboxylic acids is 1. The number of oxazole rings is 1. The molecule has 0 fully saturated rings. The molecule has 0 bridgehead atoms. The molecule has 0 spiro atoms. The molecule has 0 aliphatic rings. The van der Waals surface area contributed by atoms with Crippen molar-refractivity contribution in [3.05, 3.63) is 77.6 Å². The molecule has 2 aromatic carbocycles. The molecule has 1 N–H and O–H groups in total. The van der Waals surface area contributed by atoms with Gasteiger partial charge in [-0.15, -0.1) is 11.3 Å². The third-order valence-corrected chi connectivity index (χ3v) is 5.40. The minimum Gasteiger partial charge on any atom is -0.495 e. The van der Waals surface area contributed by atoms with Crippen LogP contribution in [0.25, 0.3) is 21.8 Å². The predicted molar refractivity (Wildman–Crippen MR) is 111 cm³/mol. The number of hydrogen-bond acceptors (Lipinski definition) is 5. The molecular formula is C22H18N2O3S. The third-order valence-electron chi connectivity index (χ3n) is 4.23. The van der Waals surface area contributed by atoms with Crippen molar-refractivity contribution in [2.75, 3.05) is 12.4 Å². The molecule has 0 aliphatic carbocycles. The van der Waals surface area contributed by atoms with Crippen molar-refractivity contribution in [3.8, 4) is 27.5 Å². The first-order valence-corrected chi connectivity index (χ1v) is 9.53. The van der Waals surface area contributed by atoms with Gasteiger partial charge in [0.2, 0.25) is 0 Å². The maximum Gasteiger partial charge on any atom is 0.269 e. The molecule has 0 unspecified atom stereocenters. The smallest absolute Gasteiger partial charge is 0.269 e. The average Bonchev–Trinajstić information content (AvgIpc) is 3.36. The quantitative estimate of drug-likeness (QED) is 0.479. The Morgan fingerprint density at radius 3 is 2.46 bits per heavy atom. The van der Waals surface area contributed by atoms with E-state index in [1.165, 1.54) is 11.3 Å². The molecule has 0 radical (unpaired) electrons. The zero-order chi connectivity index (χ0) is 19.5. The van der Waals surface area contributed by atoms with E-state index in [-0.39, 0.29) is 5.91 Å². The second-order valence-corrected chi connectivity index (χ2v) is 7.20. The number of nitrogens with one attached hydrogen (secondary N) is 1. The number of thiophene rings is 1. The van der Waals surface area contributed by atoms with Crippen LogP contribution in [0.5, 0.6) is 5.75 Å². The van der Waals surface area contributed by atoms with Crippen molar-refractivity contribution in [1.29, 1.82) is 0 Å². The van der Waals surface area contributed by atoms with Gasteiger partial charge in [-0.1, -0.05) is 30.3 Å². The zero-order valence-corrected chi connectivity index (χ0v) is 16.2. The Morgan fingerprint density at radius 1 is 1.07 bits per heavy atom. The van der Waals surface area contributed by atoms with Crippen molar-refractivity contribution in [3.63, 3.8) is 0 Å². The summed E-state index contributed by atoms with van der Waals surface area (Å²) in [6.07, 6.45) is 1.69. The van der Waals surface area contributed by atoms with Crippen LogP contribution in [0.2, 0.25) is 0 Å². The number of carbonyl (C=O) groups is 1. The topological polar surface area (TPSA) is 64.4 Å². The van der Waals surface area contributed by atoms with Gasteiger partial charge >= 0.3 is 0 Å². The minimum atomic E-state index is -0.202. The number of hydrogen-bond donors (Lipinski definition) is 1. The highest BCUT2D eigenvalue weighted by molar-refractivity contribution is 7.17. The lowest BCUT2D eigenvalue weighted by Gasteiger charge is -2.06. The van der Waals surface area contributed by atoms with Crippen LogP contribution in [0, 0.1) is 6.92 Å². The Kier molecular flexibility index (Phi) is 4.95. The molecule has 0 saturated heterocycles. The number of anilines is 1. The Balaban J connectivity index is 1.54. The Bertz CT molecular complexity index is 1100. The second kappa shape index (κ2) is 7.70. The highest BCUT2D eigenvalue weighted by Crippen LogP contribution is 2.36. The van der Waals surface area contributed by atoms with Crippen LogP contribution in [-0.2, 0) is 0 Å². The summed E-state index contributed by atoms with van der Waals surface area (Å²) < 4.78 is 10.9. The second-order valence-electron chi connectivity index (χ2n) is 6.15. The van der Waals surface area contributed by atoms with E-state index in [9.17, 15) is 4.79 Å². The van der Waals surface area contributed by atoms with Crippen molar-refractivity contribution in [2.24, 2.45) is 0 Å². The molecule has 140 valence electrons. The molecule has 28 heavy (non-hydrogen) atoms. The van der Waals surface area contributed by atoms with Crippen LogP contribution in [-0.4, -0.2) is 18.0 Å². The highest BCUT2D eigenvalue weighted by atomic mass is 32.1. The van der Waals surface area contributed by atoms with E-state index in [0.29, 0.717) is 28.0 Å². The van der Waals surface area contributed by atoms with E-state index < -0.39 is 0 Å². The molecule has 4 aromatic rings. The van der Waals surface area contributed by atoms with Crippen molar-refractivity contribution < 1.29 is 13.9 Å². The number of methoxy groups -OCH3 is 1. The molecule has 5 nitrogen and oxygen atoms in total. The first kappa shape index (κ1) is 18.0. The number of ether oxygens (including phenoxy) is 1. The van der Waals surface area contributed by atoms with Gasteiger partial charge in [-0.3, -0.25) is 4.79 Å². The normalized spacial score (nSPS) is 10.6. The van der Waals surface area contributed by atoms with E-state index in [0.717, 1.165) is 16.0 Å². The van der Waals surface area contributed by atoms with Gasteiger partial charge in [0.05, 0.1) is 13.3 Å². The average molecular weight is 390 g/mol. The molecule has 0 atom stereocenters. The molecule has 1 amide bonds.